The minimum atomic E-state index is -0.143. The molecule has 0 aliphatic rings. The van der Waals surface area contributed by atoms with Gasteiger partial charge in [-0.15, -0.1) is 0 Å². The second kappa shape index (κ2) is 20.4. The number of esters is 1. The van der Waals surface area contributed by atoms with E-state index >= 15 is 0 Å². The maximum absolute atomic E-state index is 11.1. The standard InChI is InChI=1S/C17H35NO2.Na.H/c1-3-4-5-6-7-8-9-10-11-12-13-14-15-20-17(19)16-18-2;;/h18H,3-16H2,1-2H3;;. The van der Waals surface area contributed by atoms with Crippen LogP contribution in [0.25, 0.3) is 0 Å². The summed E-state index contributed by atoms with van der Waals surface area (Å²) in [5, 5.41) is 2.79. The van der Waals surface area contributed by atoms with E-state index in [0.717, 1.165) is 6.42 Å². The summed E-state index contributed by atoms with van der Waals surface area (Å²) in [6, 6.07) is 0. The van der Waals surface area contributed by atoms with Crippen LogP contribution in [0.4, 0.5) is 0 Å². The number of ether oxygens (including phenoxy) is 1. The number of unbranched alkanes of at least 4 members (excludes halogenated alkanes) is 11. The van der Waals surface area contributed by atoms with Gasteiger partial charge >= 0.3 is 35.5 Å². The monoisotopic (exact) mass is 309 g/mol. The Balaban J connectivity index is 0. The molecule has 0 aliphatic carbocycles. The summed E-state index contributed by atoms with van der Waals surface area (Å²) in [4.78, 5) is 11.1. The molecule has 0 spiro atoms. The summed E-state index contributed by atoms with van der Waals surface area (Å²) < 4.78 is 5.07. The molecule has 0 amide bonds. The molecule has 0 atom stereocenters. The first-order valence-corrected chi connectivity index (χ1v) is 8.61. The summed E-state index contributed by atoms with van der Waals surface area (Å²) in [6.45, 7) is 3.16. The van der Waals surface area contributed by atoms with Crippen LogP contribution in [-0.4, -0.2) is 55.7 Å². The third-order valence-electron chi connectivity index (χ3n) is 3.58. The molecule has 1 N–H and O–H groups in total. The first-order chi connectivity index (χ1) is 9.81. The molecule has 0 aliphatic heterocycles. The van der Waals surface area contributed by atoms with Gasteiger partial charge in [-0.25, -0.2) is 0 Å². The third kappa shape index (κ3) is 20.4. The Labute approximate surface area is 154 Å². The van der Waals surface area contributed by atoms with E-state index in [1.54, 1.807) is 7.05 Å². The Hall–Kier alpha value is 0.430. The molecule has 0 heterocycles. The van der Waals surface area contributed by atoms with Crippen molar-refractivity contribution in [3.8, 4) is 0 Å². The van der Waals surface area contributed by atoms with Crippen LogP contribution in [0, 0.1) is 0 Å². The van der Waals surface area contributed by atoms with Gasteiger partial charge in [0.05, 0.1) is 13.2 Å². The van der Waals surface area contributed by atoms with Crippen molar-refractivity contribution in [3.63, 3.8) is 0 Å². The van der Waals surface area contributed by atoms with Crippen molar-refractivity contribution in [2.45, 2.75) is 84.0 Å². The Kier molecular flexibility index (Phi) is 23.0. The maximum atomic E-state index is 11.1. The van der Waals surface area contributed by atoms with Crippen molar-refractivity contribution >= 4 is 35.5 Å². The van der Waals surface area contributed by atoms with Gasteiger partial charge in [0.25, 0.3) is 0 Å². The molecule has 122 valence electrons. The van der Waals surface area contributed by atoms with Gasteiger partial charge in [0.1, 0.15) is 0 Å². The summed E-state index contributed by atoms with van der Waals surface area (Å²) in [5.41, 5.74) is 0. The van der Waals surface area contributed by atoms with E-state index in [-0.39, 0.29) is 35.5 Å². The summed E-state index contributed by atoms with van der Waals surface area (Å²) in [7, 11) is 1.76. The molecule has 21 heavy (non-hydrogen) atoms. The Bertz CT molecular complexity index is 213. The van der Waals surface area contributed by atoms with Gasteiger partial charge in [-0.1, -0.05) is 77.6 Å². The number of hydrogen-bond donors (Lipinski definition) is 1. The van der Waals surface area contributed by atoms with Crippen LogP contribution < -0.4 is 5.32 Å². The fourth-order valence-electron chi connectivity index (χ4n) is 2.32. The zero-order valence-corrected chi connectivity index (χ0v) is 13.7. The fraction of sp³-hybridized carbons (Fsp3) is 0.941. The molecule has 0 aromatic heterocycles. The predicted molar refractivity (Wildman–Crippen MR) is 93.1 cm³/mol. The second-order valence-corrected chi connectivity index (χ2v) is 5.64. The van der Waals surface area contributed by atoms with Crippen LogP contribution >= 0.6 is 0 Å². The van der Waals surface area contributed by atoms with Crippen LogP contribution in [0.3, 0.4) is 0 Å². The van der Waals surface area contributed by atoms with Crippen molar-refractivity contribution in [2.75, 3.05) is 20.2 Å². The molecule has 0 saturated carbocycles. The molecular weight excluding hydrogens is 273 g/mol. The van der Waals surface area contributed by atoms with Crippen molar-refractivity contribution in [2.24, 2.45) is 0 Å². The SMILES string of the molecule is CCCCCCCCCCCCCCOC(=O)CNC.[NaH]. The molecular formula is C17H36NNaO2. The molecule has 0 aromatic carbocycles. The van der Waals surface area contributed by atoms with E-state index in [1.807, 2.05) is 0 Å². The zero-order chi connectivity index (χ0) is 14.9. The molecule has 0 rings (SSSR count). The van der Waals surface area contributed by atoms with E-state index in [0.29, 0.717) is 13.2 Å². The normalized spacial score (nSPS) is 10.2. The first-order valence-electron chi connectivity index (χ1n) is 8.61. The zero-order valence-electron chi connectivity index (χ0n) is 13.7. The number of rotatable bonds is 15. The van der Waals surface area contributed by atoms with E-state index in [2.05, 4.69) is 12.2 Å². The topological polar surface area (TPSA) is 38.3 Å². The fourth-order valence-corrected chi connectivity index (χ4v) is 2.32. The first kappa shape index (κ1) is 23.7. The average Bonchev–Trinajstić information content (AvgIpc) is 2.44. The van der Waals surface area contributed by atoms with E-state index in [9.17, 15) is 4.79 Å². The number of nitrogens with one attached hydrogen (secondary N) is 1. The van der Waals surface area contributed by atoms with Crippen LogP contribution in [-0.2, 0) is 9.53 Å². The molecule has 0 fully saturated rings. The summed E-state index contributed by atoms with van der Waals surface area (Å²) in [6.07, 6.45) is 16.0. The summed E-state index contributed by atoms with van der Waals surface area (Å²) in [5.74, 6) is -0.143. The Morgan fingerprint density at radius 1 is 0.810 bits per heavy atom. The molecule has 0 bridgehead atoms. The van der Waals surface area contributed by atoms with Gasteiger partial charge in [-0.05, 0) is 13.5 Å². The summed E-state index contributed by atoms with van der Waals surface area (Å²) >= 11 is 0. The average molecular weight is 309 g/mol. The minimum absolute atomic E-state index is 0. The van der Waals surface area contributed by atoms with Gasteiger partial charge in [0, 0.05) is 0 Å². The Morgan fingerprint density at radius 3 is 1.67 bits per heavy atom. The van der Waals surface area contributed by atoms with Crippen molar-refractivity contribution in [1.82, 2.24) is 5.32 Å². The molecule has 0 aromatic rings. The van der Waals surface area contributed by atoms with E-state index in [1.165, 1.54) is 70.6 Å². The van der Waals surface area contributed by atoms with Crippen molar-refractivity contribution in [3.05, 3.63) is 0 Å². The van der Waals surface area contributed by atoms with Gasteiger partial charge < -0.3 is 10.1 Å². The van der Waals surface area contributed by atoms with Crippen LogP contribution in [0.1, 0.15) is 84.0 Å². The number of carbonyl (C=O) groups excluding carboxylic acids is 1. The van der Waals surface area contributed by atoms with Crippen LogP contribution in [0.5, 0.6) is 0 Å². The van der Waals surface area contributed by atoms with Crippen LogP contribution in [0.15, 0.2) is 0 Å². The Morgan fingerprint density at radius 2 is 1.24 bits per heavy atom. The molecule has 0 radical (unpaired) electrons. The number of likely N-dealkylation sites (N-methyl/N-ethyl adjacent to an activating group) is 1. The van der Waals surface area contributed by atoms with Gasteiger partial charge in [0.2, 0.25) is 0 Å². The van der Waals surface area contributed by atoms with E-state index in [4.69, 9.17) is 4.74 Å². The molecule has 3 nitrogen and oxygen atoms in total. The van der Waals surface area contributed by atoms with Gasteiger partial charge in [-0.2, -0.15) is 0 Å². The second-order valence-electron chi connectivity index (χ2n) is 5.64. The number of carbonyl (C=O) groups is 1. The molecule has 4 heteroatoms. The van der Waals surface area contributed by atoms with Crippen LogP contribution in [0.2, 0.25) is 0 Å². The third-order valence-corrected chi connectivity index (χ3v) is 3.58. The van der Waals surface area contributed by atoms with E-state index < -0.39 is 0 Å². The number of hydrogen-bond acceptors (Lipinski definition) is 3. The van der Waals surface area contributed by atoms with Crippen molar-refractivity contribution in [1.29, 1.82) is 0 Å². The van der Waals surface area contributed by atoms with Crippen molar-refractivity contribution < 1.29 is 9.53 Å². The molecule has 0 saturated heterocycles. The van der Waals surface area contributed by atoms with Gasteiger partial charge in [-0.3, -0.25) is 4.79 Å². The quantitative estimate of drug-likeness (QED) is 0.284. The molecule has 0 unspecified atom stereocenters. The van der Waals surface area contributed by atoms with Gasteiger partial charge in [0.15, 0.2) is 0 Å². The predicted octanol–water partition coefficient (Wildman–Crippen LogP) is 3.80.